The van der Waals surface area contributed by atoms with Crippen LogP contribution in [0.15, 0.2) is 22.7 Å². The fourth-order valence-corrected chi connectivity index (χ4v) is 3.32. The molecular weight excluding hydrogens is 356 g/mol. The van der Waals surface area contributed by atoms with Crippen molar-refractivity contribution in [1.82, 2.24) is 9.80 Å². The summed E-state index contributed by atoms with van der Waals surface area (Å²) in [5, 5.41) is 0. The number of piperazine rings is 1. The summed E-state index contributed by atoms with van der Waals surface area (Å²) >= 11 is 3.51. The number of ether oxygens (including phenoxy) is 1. The maximum Gasteiger partial charge on any atom is 0.410 e. The normalized spacial score (nSPS) is 19.7. The van der Waals surface area contributed by atoms with E-state index in [1.54, 1.807) is 0 Å². The van der Waals surface area contributed by atoms with Crippen molar-refractivity contribution in [3.63, 3.8) is 0 Å². The van der Waals surface area contributed by atoms with E-state index in [2.05, 4.69) is 52.9 Å². The zero-order valence-corrected chi connectivity index (χ0v) is 16.3. The number of aryl methyl sites for hydroxylation is 1. The van der Waals surface area contributed by atoms with E-state index in [9.17, 15) is 4.79 Å². The Morgan fingerprint density at radius 2 is 2.04 bits per heavy atom. The van der Waals surface area contributed by atoms with Crippen LogP contribution in [0.3, 0.4) is 0 Å². The smallest absolute Gasteiger partial charge is 0.410 e. The van der Waals surface area contributed by atoms with Crippen LogP contribution < -0.4 is 0 Å². The molecule has 1 aliphatic heterocycles. The first-order valence-electron chi connectivity index (χ1n) is 8.13. The quantitative estimate of drug-likeness (QED) is 0.768. The molecule has 0 bridgehead atoms. The van der Waals surface area contributed by atoms with E-state index in [-0.39, 0.29) is 12.1 Å². The van der Waals surface area contributed by atoms with Crippen LogP contribution in [-0.2, 0) is 11.3 Å². The lowest BCUT2D eigenvalue weighted by Crippen LogP contribution is -2.54. The molecule has 2 rings (SSSR count). The number of carbonyl (C=O) groups is 1. The summed E-state index contributed by atoms with van der Waals surface area (Å²) in [7, 11) is 0. The molecule has 1 aromatic carbocycles. The molecule has 23 heavy (non-hydrogen) atoms. The van der Waals surface area contributed by atoms with E-state index < -0.39 is 5.60 Å². The van der Waals surface area contributed by atoms with Crippen LogP contribution in [0.1, 0.15) is 38.8 Å². The summed E-state index contributed by atoms with van der Waals surface area (Å²) in [5.41, 5.74) is 2.19. The number of rotatable bonds is 2. The van der Waals surface area contributed by atoms with Gasteiger partial charge in [0.15, 0.2) is 0 Å². The molecule has 1 saturated heterocycles. The maximum absolute atomic E-state index is 12.3. The Balaban J connectivity index is 1.94. The molecule has 1 amide bonds. The summed E-state index contributed by atoms with van der Waals surface area (Å²) in [4.78, 5) is 16.5. The molecule has 0 radical (unpaired) electrons. The molecule has 0 aromatic heterocycles. The van der Waals surface area contributed by atoms with Gasteiger partial charge in [-0.25, -0.2) is 4.79 Å². The van der Waals surface area contributed by atoms with Crippen molar-refractivity contribution < 1.29 is 9.53 Å². The molecular formula is C18H27BrN2O2. The second-order valence-corrected chi connectivity index (χ2v) is 8.24. The summed E-state index contributed by atoms with van der Waals surface area (Å²) in [5.74, 6) is 0. The Morgan fingerprint density at radius 1 is 1.35 bits per heavy atom. The van der Waals surface area contributed by atoms with Gasteiger partial charge in [0.05, 0.1) is 0 Å². The molecule has 128 valence electrons. The minimum atomic E-state index is -0.442. The number of halogens is 1. The van der Waals surface area contributed by atoms with Crippen LogP contribution in [0, 0.1) is 6.92 Å². The lowest BCUT2D eigenvalue weighted by molar-refractivity contribution is 0.000538. The number of amides is 1. The van der Waals surface area contributed by atoms with Gasteiger partial charge >= 0.3 is 6.09 Å². The highest BCUT2D eigenvalue weighted by Crippen LogP contribution is 2.20. The Labute approximate surface area is 147 Å². The molecule has 4 nitrogen and oxygen atoms in total. The summed E-state index contributed by atoms with van der Waals surface area (Å²) in [6, 6.07) is 6.57. The molecule has 0 saturated carbocycles. The number of benzene rings is 1. The highest BCUT2D eigenvalue weighted by Gasteiger charge is 2.30. The van der Waals surface area contributed by atoms with Crippen LogP contribution in [0.4, 0.5) is 4.79 Å². The Morgan fingerprint density at radius 3 is 2.61 bits per heavy atom. The first-order chi connectivity index (χ1) is 10.7. The number of hydrogen-bond acceptors (Lipinski definition) is 3. The predicted molar refractivity (Wildman–Crippen MR) is 96.6 cm³/mol. The first-order valence-corrected chi connectivity index (χ1v) is 8.92. The second-order valence-electron chi connectivity index (χ2n) is 7.33. The van der Waals surface area contributed by atoms with E-state index in [1.807, 2.05) is 25.7 Å². The number of nitrogens with zero attached hydrogens (tertiary/aromatic N) is 2. The van der Waals surface area contributed by atoms with Crippen molar-refractivity contribution in [2.75, 3.05) is 19.6 Å². The van der Waals surface area contributed by atoms with Gasteiger partial charge in [0.25, 0.3) is 0 Å². The maximum atomic E-state index is 12.3. The average Bonchev–Trinajstić information content (AvgIpc) is 2.40. The van der Waals surface area contributed by atoms with Crippen molar-refractivity contribution in [3.05, 3.63) is 33.8 Å². The van der Waals surface area contributed by atoms with Gasteiger partial charge in [0, 0.05) is 36.7 Å². The molecule has 0 aliphatic carbocycles. The molecule has 0 spiro atoms. The lowest BCUT2D eigenvalue weighted by atomic mass is 10.1. The first kappa shape index (κ1) is 18.3. The van der Waals surface area contributed by atoms with E-state index in [1.165, 1.54) is 11.1 Å². The van der Waals surface area contributed by atoms with Crippen molar-refractivity contribution in [3.8, 4) is 0 Å². The Kier molecular flexibility index (Phi) is 5.74. The van der Waals surface area contributed by atoms with Gasteiger partial charge in [-0.2, -0.15) is 0 Å². The second kappa shape index (κ2) is 7.22. The topological polar surface area (TPSA) is 32.8 Å². The van der Waals surface area contributed by atoms with Gasteiger partial charge in [-0.15, -0.1) is 0 Å². The van der Waals surface area contributed by atoms with Gasteiger partial charge in [-0.1, -0.05) is 22.0 Å². The zero-order valence-electron chi connectivity index (χ0n) is 14.7. The minimum absolute atomic E-state index is 0.161. The molecule has 1 heterocycles. The molecule has 1 aliphatic rings. The average molecular weight is 383 g/mol. The summed E-state index contributed by atoms with van der Waals surface area (Å²) in [6.45, 7) is 13.3. The van der Waals surface area contributed by atoms with E-state index in [4.69, 9.17) is 4.74 Å². The van der Waals surface area contributed by atoms with Crippen LogP contribution in [0.25, 0.3) is 0 Å². The van der Waals surface area contributed by atoms with E-state index in [0.29, 0.717) is 6.54 Å². The third-order valence-corrected chi connectivity index (χ3v) is 4.53. The fourth-order valence-electron chi connectivity index (χ4n) is 2.85. The largest absolute Gasteiger partial charge is 0.444 e. The zero-order chi connectivity index (χ0) is 17.2. The highest BCUT2D eigenvalue weighted by molar-refractivity contribution is 9.10. The molecule has 1 unspecified atom stereocenters. The summed E-state index contributed by atoms with van der Waals surface area (Å²) < 4.78 is 6.61. The Bertz CT molecular complexity index is 569. The van der Waals surface area contributed by atoms with Crippen molar-refractivity contribution in [2.45, 2.75) is 52.8 Å². The van der Waals surface area contributed by atoms with Gasteiger partial charge in [-0.3, -0.25) is 4.90 Å². The van der Waals surface area contributed by atoms with Crippen molar-refractivity contribution in [2.24, 2.45) is 0 Å². The standard InChI is InChI=1S/C18H27BrN2O2/c1-13-10-16(19)7-6-15(13)12-20-8-9-21(14(2)11-20)17(22)23-18(3,4)5/h6-7,10,14H,8-9,11-12H2,1-5H3. The van der Waals surface area contributed by atoms with Gasteiger partial charge in [0.2, 0.25) is 0 Å². The monoisotopic (exact) mass is 382 g/mol. The molecule has 0 N–H and O–H groups in total. The van der Waals surface area contributed by atoms with E-state index >= 15 is 0 Å². The van der Waals surface area contributed by atoms with Gasteiger partial charge in [-0.05, 0) is 57.9 Å². The van der Waals surface area contributed by atoms with E-state index in [0.717, 1.165) is 24.1 Å². The molecule has 1 fully saturated rings. The van der Waals surface area contributed by atoms with Gasteiger partial charge in [0.1, 0.15) is 5.60 Å². The predicted octanol–water partition coefficient (Wildman–Crippen LogP) is 4.20. The van der Waals surface area contributed by atoms with Crippen LogP contribution >= 0.6 is 15.9 Å². The highest BCUT2D eigenvalue weighted by atomic mass is 79.9. The molecule has 5 heteroatoms. The third kappa shape index (κ3) is 5.21. The summed E-state index contributed by atoms with van der Waals surface area (Å²) in [6.07, 6.45) is -0.204. The third-order valence-electron chi connectivity index (χ3n) is 4.04. The lowest BCUT2D eigenvalue weighted by Gasteiger charge is -2.40. The van der Waals surface area contributed by atoms with Crippen LogP contribution in [-0.4, -0.2) is 47.2 Å². The van der Waals surface area contributed by atoms with Crippen LogP contribution in [0.5, 0.6) is 0 Å². The van der Waals surface area contributed by atoms with Crippen molar-refractivity contribution in [1.29, 1.82) is 0 Å². The molecule has 1 aromatic rings. The minimum Gasteiger partial charge on any atom is -0.444 e. The Hall–Kier alpha value is -1.07. The number of hydrogen-bond donors (Lipinski definition) is 0. The SMILES string of the molecule is Cc1cc(Br)ccc1CN1CCN(C(=O)OC(C)(C)C)C(C)C1. The molecule has 1 atom stereocenters. The van der Waals surface area contributed by atoms with Gasteiger partial charge < -0.3 is 9.64 Å². The number of carbonyl (C=O) groups excluding carboxylic acids is 1. The van der Waals surface area contributed by atoms with Crippen LogP contribution in [0.2, 0.25) is 0 Å². The van der Waals surface area contributed by atoms with Crippen molar-refractivity contribution >= 4 is 22.0 Å². The fraction of sp³-hybridized carbons (Fsp3) is 0.611.